The van der Waals surface area contributed by atoms with Crippen LogP contribution in [-0.4, -0.2) is 46.1 Å². The molecule has 1 aliphatic carbocycles. The van der Waals surface area contributed by atoms with E-state index in [4.69, 9.17) is 9.47 Å². The number of halogens is 4. The van der Waals surface area contributed by atoms with Crippen LogP contribution in [0.1, 0.15) is 23.2 Å². The number of hydrogen-bond acceptors (Lipinski definition) is 7. The highest BCUT2D eigenvalue weighted by Crippen LogP contribution is 2.34. The van der Waals surface area contributed by atoms with Gasteiger partial charge < -0.3 is 24.8 Å². The highest BCUT2D eigenvalue weighted by atomic mass is 19.3. The van der Waals surface area contributed by atoms with Crippen LogP contribution in [0.25, 0.3) is 5.65 Å². The fourth-order valence-corrected chi connectivity index (χ4v) is 3.61. The van der Waals surface area contributed by atoms with E-state index in [1.165, 1.54) is 42.0 Å². The number of methoxy groups -OCH3 is 1. The standard InChI is InChI=1S/C26H21F4N5O5/c1-38-18-8-7-16(31-24(37)15-3-2-4-17(11-15)40-26(29,30)25(27)28)12-19(18)39-22-10-9-21-32-20(13-35(21)34-22)33-23(36)14-5-6-14/h2-4,7-14,25H,5-6H2,1H3,(H,31,37)(H,33,36). The third kappa shape index (κ3) is 6.06. The largest absolute Gasteiger partial charge is 0.493 e. The highest BCUT2D eigenvalue weighted by molar-refractivity contribution is 6.04. The van der Waals surface area contributed by atoms with E-state index in [-0.39, 0.29) is 34.7 Å². The second-order valence-corrected chi connectivity index (χ2v) is 8.78. The number of carbonyl (C=O) groups excluding carboxylic acids is 2. The highest BCUT2D eigenvalue weighted by Gasteiger charge is 2.44. The molecule has 2 N–H and O–H groups in total. The average Bonchev–Trinajstić information content (AvgIpc) is 3.69. The fraction of sp³-hybridized carbons (Fsp3) is 0.231. The van der Waals surface area contributed by atoms with E-state index in [9.17, 15) is 27.2 Å². The third-order valence-electron chi connectivity index (χ3n) is 5.74. The first kappa shape index (κ1) is 26.7. The van der Waals surface area contributed by atoms with Crippen molar-refractivity contribution in [2.24, 2.45) is 5.92 Å². The number of ether oxygens (including phenoxy) is 3. The summed E-state index contributed by atoms with van der Waals surface area (Å²) < 4.78 is 68.1. The minimum Gasteiger partial charge on any atom is -0.493 e. The molecule has 0 radical (unpaired) electrons. The SMILES string of the molecule is COc1ccc(NC(=O)c2cccc(OC(F)(F)C(F)F)c2)cc1Oc1ccc2nc(NC(=O)C3CC3)cn2n1. The summed E-state index contributed by atoms with van der Waals surface area (Å²) in [5.41, 5.74) is 0.612. The molecule has 2 aromatic carbocycles. The summed E-state index contributed by atoms with van der Waals surface area (Å²) in [6, 6.07) is 12.1. The molecule has 5 rings (SSSR count). The summed E-state index contributed by atoms with van der Waals surface area (Å²) in [5, 5.41) is 9.65. The number of fused-ring (bicyclic) bond motifs is 1. The lowest BCUT2D eigenvalue weighted by Crippen LogP contribution is -2.33. The summed E-state index contributed by atoms with van der Waals surface area (Å²) in [7, 11) is 1.42. The predicted molar refractivity (Wildman–Crippen MR) is 133 cm³/mol. The van der Waals surface area contributed by atoms with E-state index in [2.05, 4.69) is 25.5 Å². The van der Waals surface area contributed by atoms with Gasteiger partial charge in [0.05, 0.1) is 13.3 Å². The molecule has 0 aliphatic heterocycles. The van der Waals surface area contributed by atoms with Crippen LogP contribution in [0.5, 0.6) is 23.1 Å². The number of nitrogens with zero attached hydrogens (tertiary/aromatic N) is 3. The number of aromatic nitrogens is 3. The van der Waals surface area contributed by atoms with Crippen LogP contribution in [0, 0.1) is 5.92 Å². The number of alkyl halides is 4. The average molecular weight is 559 g/mol. The van der Waals surface area contributed by atoms with Crippen LogP contribution in [0.15, 0.2) is 60.8 Å². The Morgan fingerprint density at radius 2 is 1.85 bits per heavy atom. The minimum absolute atomic E-state index is 0.0180. The van der Waals surface area contributed by atoms with Gasteiger partial charge in [-0.3, -0.25) is 9.59 Å². The minimum atomic E-state index is -4.71. The smallest absolute Gasteiger partial charge is 0.461 e. The number of imidazole rings is 1. The molecule has 1 fully saturated rings. The first-order chi connectivity index (χ1) is 19.1. The van der Waals surface area contributed by atoms with Gasteiger partial charge in [0.2, 0.25) is 11.8 Å². The van der Waals surface area contributed by atoms with Gasteiger partial charge in [0, 0.05) is 29.3 Å². The topological polar surface area (TPSA) is 116 Å². The molecule has 2 amide bonds. The molecule has 208 valence electrons. The van der Waals surface area contributed by atoms with E-state index in [1.54, 1.807) is 18.3 Å². The molecule has 40 heavy (non-hydrogen) atoms. The number of rotatable bonds is 10. The molecular weight excluding hydrogens is 538 g/mol. The van der Waals surface area contributed by atoms with Crippen LogP contribution in [-0.2, 0) is 4.79 Å². The summed E-state index contributed by atoms with van der Waals surface area (Å²) in [5.74, 6) is -0.393. The van der Waals surface area contributed by atoms with Crippen molar-refractivity contribution in [1.29, 1.82) is 0 Å². The first-order valence-electron chi connectivity index (χ1n) is 11.9. The van der Waals surface area contributed by atoms with Gasteiger partial charge in [0.1, 0.15) is 5.75 Å². The van der Waals surface area contributed by atoms with E-state index < -0.39 is 24.2 Å². The van der Waals surface area contributed by atoms with Crippen molar-refractivity contribution in [2.75, 3.05) is 17.7 Å². The molecule has 2 aromatic heterocycles. The van der Waals surface area contributed by atoms with Crippen molar-refractivity contribution >= 4 is 29.0 Å². The van der Waals surface area contributed by atoms with Crippen molar-refractivity contribution in [2.45, 2.75) is 25.4 Å². The quantitative estimate of drug-likeness (QED) is 0.251. The maximum absolute atomic E-state index is 13.3. The van der Waals surface area contributed by atoms with Gasteiger partial charge in [-0.25, -0.2) is 9.50 Å². The van der Waals surface area contributed by atoms with Crippen molar-refractivity contribution in [1.82, 2.24) is 14.6 Å². The summed E-state index contributed by atoms with van der Waals surface area (Å²) in [6.45, 7) is 0. The number of hydrogen-bond donors (Lipinski definition) is 2. The Kier molecular flexibility index (Phi) is 7.15. The molecule has 1 aliphatic rings. The van der Waals surface area contributed by atoms with Crippen LogP contribution in [0.4, 0.5) is 29.1 Å². The Bertz CT molecular complexity index is 1570. The second kappa shape index (κ2) is 10.7. The van der Waals surface area contributed by atoms with Gasteiger partial charge in [-0.1, -0.05) is 6.07 Å². The van der Waals surface area contributed by atoms with Gasteiger partial charge in [-0.2, -0.15) is 17.6 Å². The number of carbonyl (C=O) groups is 2. The molecule has 4 aromatic rings. The Morgan fingerprint density at radius 1 is 1.05 bits per heavy atom. The van der Waals surface area contributed by atoms with Gasteiger partial charge >= 0.3 is 12.5 Å². The van der Waals surface area contributed by atoms with Gasteiger partial charge in [0.25, 0.3) is 5.91 Å². The molecular formula is C26H21F4N5O5. The second-order valence-electron chi connectivity index (χ2n) is 8.78. The molecule has 0 saturated heterocycles. The van der Waals surface area contributed by atoms with E-state index in [0.29, 0.717) is 17.2 Å². The lowest BCUT2D eigenvalue weighted by atomic mass is 10.2. The molecule has 1 saturated carbocycles. The maximum Gasteiger partial charge on any atom is 0.461 e. The zero-order chi connectivity index (χ0) is 28.4. The molecule has 14 heteroatoms. The van der Waals surface area contributed by atoms with Gasteiger partial charge in [-0.05, 0) is 49.2 Å². The zero-order valence-electron chi connectivity index (χ0n) is 20.7. The lowest BCUT2D eigenvalue weighted by Gasteiger charge is -2.17. The summed E-state index contributed by atoms with van der Waals surface area (Å²) in [6.07, 6.45) is -5.49. The van der Waals surface area contributed by atoms with E-state index >= 15 is 0 Å². The molecule has 0 spiro atoms. The number of benzene rings is 2. The maximum atomic E-state index is 13.3. The Labute approximate surface area is 223 Å². The van der Waals surface area contributed by atoms with Gasteiger partial charge in [-0.15, -0.1) is 5.10 Å². The van der Waals surface area contributed by atoms with Crippen molar-refractivity contribution < 1.29 is 41.4 Å². The normalized spacial score (nSPS) is 13.2. The molecule has 0 unspecified atom stereocenters. The van der Waals surface area contributed by atoms with Crippen LogP contribution in [0.2, 0.25) is 0 Å². The summed E-state index contributed by atoms with van der Waals surface area (Å²) >= 11 is 0. The van der Waals surface area contributed by atoms with E-state index in [1.807, 2.05) is 0 Å². The van der Waals surface area contributed by atoms with Crippen LogP contribution in [0.3, 0.4) is 0 Å². The van der Waals surface area contributed by atoms with Gasteiger partial charge in [0.15, 0.2) is 23.0 Å². The predicted octanol–water partition coefficient (Wildman–Crippen LogP) is 5.37. The molecule has 2 heterocycles. The Morgan fingerprint density at radius 3 is 2.58 bits per heavy atom. The third-order valence-corrected chi connectivity index (χ3v) is 5.74. The van der Waals surface area contributed by atoms with E-state index in [0.717, 1.165) is 25.0 Å². The van der Waals surface area contributed by atoms with Crippen molar-refractivity contribution in [3.63, 3.8) is 0 Å². The zero-order valence-corrected chi connectivity index (χ0v) is 20.7. The monoisotopic (exact) mass is 559 g/mol. The van der Waals surface area contributed by atoms with Crippen molar-refractivity contribution in [3.05, 3.63) is 66.4 Å². The van der Waals surface area contributed by atoms with Crippen LogP contribution >= 0.6 is 0 Å². The fourth-order valence-electron chi connectivity index (χ4n) is 3.61. The Balaban J connectivity index is 1.31. The summed E-state index contributed by atoms with van der Waals surface area (Å²) in [4.78, 5) is 29.1. The molecule has 10 nitrogen and oxygen atoms in total. The van der Waals surface area contributed by atoms with Crippen molar-refractivity contribution in [3.8, 4) is 23.1 Å². The Hall–Kier alpha value is -4.88. The first-order valence-corrected chi connectivity index (χ1v) is 11.9. The number of amides is 2. The lowest BCUT2D eigenvalue weighted by molar-refractivity contribution is -0.253. The molecule has 0 atom stereocenters. The number of anilines is 2. The number of nitrogens with one attached hydrogen (secondary N) is 2. The van der Waals surface area contributed by atoms with Crippen LogP contribution < -0.4 is 24.8 Å². The molecule has 0 bridgehead atoms.